The van der Waals surface area contributed by atoms with E-state index in [-0.39, 0.29) is 5.41 Å². The Morgan fingerprint density at radius 2 is 1.47 bits per heavy atom. The summed E-state index contributed by atoms with van der Waals surface area (Å²) in [5, 5.41) is 2.42. The van der Waals surface area contributed by atoms with Crippen molar-refractivity contribution < 1.29 is 4.74 Å². The molecule has 0 aliphatic carbocycles. The third-order valence-corrected chi connectivity index (χ3v) is 6.54. The van der Waals surface area contributed by atoms with Crippen molar-refractivity contribution in [3.8, 4) is 28.6 Å². The molecule has 4 heteroatoms. The molecule has 0 N–H and O–H groups in total. The predicted molar refractivity (Wildman–Crippen MR) is 147 cm³/mol. The zero-order chi connectivity index (χ0) is 24.7. The Morgan fingerprint density at radius 3 is 2.25 bits per heavy atom. The van der Waals surface area contributed by atoms with Gasteiger partial charge in [-0.15, -0.1) is 0 Å². The Kier molecular flexibility index (Phi) is 5.30. The van der Waals surface area contributed by atoms with Crippen LogP contribution in [0.1, 0.15) is 26.3 Å². The van der Waals surface area contributed by atoms with Crippen molar-refractivity contribution in [1.82, 2.24) is 14.5 Å². The molecular formula is C32H27N3O. The van der Waals surface area contributed by atoms with Crippen LogP contribution in [-0.4, -0.2) is 14.5 Å². The molecule has 0 radical (unpaired) electrons. The molecule has 0 spiro atoms. The fourth-order valence-corrected chi connectivity index (χ4v) is 4.63. The summed E-state index contributed by atoms with van der Waals surface area (Å²) in [5.41, 5.74) is 5.70. The minimum absolute atomic E-state index is 0.0574. The lowest BCUT2D eigenvalue weighted by atomic mass is 9.88. The number of benzene rings is 3. The van der Waals surface area contributed by atoms with Gasteiger partial charge < -0.3 is 4.74 Å². The average Bonchev–Trinajstić information content (AvgIpc) is 3.23. The SMILES string of the molecule is CC(C)(C)c1ccc(Oc2cccc(-c3ccc4c5ccccc5n(-c5ccccn5)c4c3)c2)nc1. The summed E-state index contributed by atoms with van der Waals surface area (Å²) in [6, 6.07) is 33.3. The van der Waals surface area contributed by atoms with Crippen molar-refractivity contribution in [2.24, 2.45) is 0 Å². The summed E-state index contributed by atoms with van der Waals surface area (Å²) in [6.07, 6.45) is 3.73. The molecule has 0 saturated carbocycles. The fourth-order valence-electron chi connectivity index (χ4n) is 4.63. The number of nitrogens with zero attached hydrogens (tertiary/aromatic N) is 3. The highest BCUT2D eigenvalue weighted by molar-refractivity contribution is 6.10. The number of para-hydroxylation sites is 1. The molecule has 3 aromatic heterocycles. The van der Waals surface area contributed by atoms with Gasteiger partial charge in [-0.1, -0.05) is 75.4 Å². The molecule has 176 valence electrons. The number of pyridine rings is 2. The minimum atomic E-state index is 0.0574. The second kappa shape index (κ2) is 8.65. The molecule has 0 unspecified atom stereocenters. The van der Waals surface area contributed by atoms with Gasteiger partial charge in [0.25, 0.3) is 0 Å². The van der Waals surface area contributed by atoms with Gasteiger partial charge in [-0.05, 0) is 58.5 Å². The predicted octanol–water partition coefficient (Wildman–Crippen LogP) is 8.33. The summed E-state index contributed by atoms with van der Waals surface area (Å²) in [4.78, 5) is 9.16. The lowest BCUT2D eigenvalue weighted by Crippen LogP contribution is -2.11. The van der Waals surface area contributed by atoms with Gasteiger partial charge in [0.1, 0.15) is 11.6 Å². The molecular weight excluding hydrogens is 442 g/mol. The molecule has 6 aromatic rings. The van der Waals surface area contributed by atoms with E-state index in [9.17, 15) is 0 Å². The van der Waals surface area contributed by atoms with E-state index in [2.05, 4.69) is 96.0 Å². The van der Waals surface area contributed by atoms with Crippen LogP contribution in [0.2, 0.25) is 0 Å². The van der Waals surface area contributed by atoms with Crippen molar-refractivity contribution in [1.29, 1.82) is 0 Å². The van der Waals surface area contributed by atoms with E-state index in [1.165, 1.54) is 16.3 Å². The smallest absolute Gasteiger partial charge is 0.219 e. The van der Waals surface area contributed by atoms with Crippen LogP contribution in [0.4, 0.5) is 0 Å². The van der Waals surface area contributed by atoms with E-state index >= 15 is 0 Å². The van der Waals surface area contributed by atoms with Gasteiger partial charge in [-0.3, -0.25) is 4.57 Å². The zero-order valence-corrected chi connectivity index (χ0v) is 20.6. The maximum absolute atomic E-state index is 6.11. The number of ether oxygens (including phenoxy) is 1. The Bertz CT molecular complexity index is 1680. The van der Waals surface area contributed by atoms with Gasteiger partial charge in [-0.2, -0.15) is 0 Å². The summed E-state index contributed by atoms with van der Waals surface area (Å²) < 4.78 is 8.34. The first-order valence-corrected chi connectivity index (χ1v) is 12.2. The van der Waals surface area contributed by atoms with Gasteiger partial charge in [0.05, 0.1) is 11.0 Å². The number of hydrogen-bond donors (Lipinski definition) is 0. The van der Waals surface area contributed by atoms with Gasteiger partial charge in [0, 0.05) is 29.2 Å². The van der Waals surface area contributed by atoms with Crippen molar-refractivity contribution in [2.45, 2.75) is 26.2 Å². The standard InChI is InChI=1S/C32H27N3O/c1-32(2,3)24-15-17-31(34-21-24)36-25-10-8-9-22(19-25)23-14-16-27-26-11-4-5-12-28(26)35(29(27)20-23)30-13-6-7-18-33-30/h4-21H,1-3H3. The molecule has 0 amide bonds. The van der Waals surface area contributed by atoms with E-state index in [1.807, 2.05) is 48.8 Å². The van der Waals surface area contributed by atoms with E-state index < -0.39 is 0 Å². The number of aromatic nitrogens is 3. The molecule has 0 fully saturated rings. The Balaban J connectivity index is 1.40. The van der Waals surface area contributed by atoms with Gasteiger partial charge in [0.2, 0.25) is 5.88 Å². The molecule has 0 saturated heterocycles. The van der Waals surface area contributed by atoms with Crippen LogP contribution < -0.4 is 4.74 Å². The molecule has 4 nitrogen and oxygen atoms in total. The largest absolute Gasteiger partial charge is 0.439 e. The third-order valence-electron chi connectivity index (χ3n) is 6.54. The lowest BCUT2D eigenvalue weighted by Gasteiger charge is -2.18. The molecule has 3 heterocycles. The first-order chi connectivity index (χ1) is 17.5. The second-order valence-corrected chi connectivity index (χ2v) is 10.0. The minimum Gasteiger partial charge on any atom is -0.439 e. The van der Waals surface area contributed by atoms with E-state index in [0.717, 1.165) is 33.7 Å². The topological polar surface area (TPSA) is 39.9 Å². The van der Waals surface area contributed by atoms with Crippen LogP contribution in [-0.2, 0) is 5.41 Å². The zero-order valence-electron chi connectivity index (χ0n) is 20.6. The van der Waals surface area contributed by atoms with Crippen molar-refractivity contribution in [3.63, 3.8) is 0 Å². The summed E-state index contributed by atoms with van der Waals surface area (Å²) in [5.74, 6) is 2.25. The van der Waals surface area contributed by atoms with Crippen LogP contribution >= 0.6 is 0 Å². The Hall–Kier alpha value is -4.44. The maximum atomic E-state index is 6.11. The summed E-state index contributed by atoms with van der Waals surface area (Å²) in [7, 11) is 0. The van der Waals surface area contributed by atoms with E-state index in [1.54, 1.807) is 0 Å². The molecule has 0 atom stereocenters. The van der Waals surface area contributed by atoms with Crippen molar-refractivity contribution in [2.75, 3.05) is 0 Å². The van der Waals surface area contributed by atoms with E-state index in [0.29, 0.717) is 5.88 Å². The van der Waals surface area contributed by atoms with Crippen LogP contribution in [0.5, 0.6) is 11.6 Å². The van der Waals surface area contributed by atoms with Crippen LogP contribution in [0.3, 0.4) is 0 Å². The highest BCUT2D eigenvalue weighted by atomic mass is 16.5. The van der Waals surface area contributed by atoms with Gasteiger partial charge in [-0.25, -0.2) is 9.97 Å². The van der Waals surface area contributed by atoms with Crippen LogP contribution in [0.15, 0.2) is 109 Å². The second-order valence-electron chi connectivity index (χ2n) is 10.0. The Morgan fingerprint density at radius 1 is 0.667 bits per heavy atom. The summed E-state index contributed by atoms with van der Waals surface area (Å²) in [6.45, 7) is 6.54. The maximum Gasteiger partial charge on any atom is 0.219 e. The molecule has 3 aromatic carbocycles. The normalized spacial score (nSPS) is 11.8. The quantitative estimate of drug-likeness (QED) is 0.260. The van der Waals surface area contributed by atoms with Crippen molar-refractivity contribution in [3.05, 3.63) is 115 Å². The highest BCUT2D eigenvalue weighted by Crippen LogP contribution is 2.35. The van der Waals surface area contributed by atoms with Crippen molar-refractivity contribution >= 4 is 21.8 Å². The Labute approximate surface area is 210 Å². The van der Waals surface area contributed by atoms with Crippen LogP contribution in [0, 0.1) is 0 Å². The third kappa shape index (κ3) is 4.01. The molecule has 0 bridgehead atoms. The van der Waals surface area contributed by atoms with E-state index in [4.69, 9.17) is 4.74 Å². The molecule has 36 heavy (non-hydrogen) atoms. The monoisotopic (exact) mass is 469 g/mol. The fraction of sp³-hybridized carbons (Fsp3) is 0.125. The van der Waals surface area contributed by atoms with Crippen LogP contribution in [0.25, 0.3) is 38.8 Å². The van der Waals surface area contributed by atoms with Gasteiger partial charge in [0.15, 0.2) is 0 Å². The average molecular weight is 470 g/mol. The number of hydrogen-bond acceptors (Lipinski definition) is 3. The highest BCUT2D eigenvalue weighted by Gasteiger charge is 2.15. The summed E-state index contributed by atoms with van der Waals surface area (Å²) >= 11 is 0. The lowest BCUT2D eigenvalue weighted by molar-refractivity contribution is 0.461. The number of rotatable bonds is 4. The number of fused-ring (bicyclic) bond motifs is 3. The first kappa shape index (κ1) is 22.1. The first-order valence-electron chi connectivity index (χ1n) is 12.2. The molecule has 6 rings (SSSR count). The molecule has 0 aliphatic rings. The van der Waals surface area contributed by atoms with Gasteiger partial charge >= 0.3 is 0 Å². The molecule has 0 aliphatic heterocycles.